The summed E-state index contributed by atoms with van der Waals surface area (Å²) in [4.78, 5) is 24.7. The minimum absolute atomic E-state index is 0.0570. The number of ether oxygens (including phenoxy) is 3. The molecule has 10 nitrogen and oxygen atoms in total. The van der Waals surface area contributed by atoms with Crippen molar-refractivity contribution in [1.29, 1.82) is 0 Å². The minimum Gasteiger partial charge on any atom is -0.494 e. The van der Waals surface area contributed by atoms with Gasteiger partial charge in [-0.1, -0.05) is 67.3 Å². The lowest BCUT2D eigenvalue weighted by Crippen LogP contribution is -2.19. The van der Waals surface area contributed by atoms with Crippen molar-refractivity contribution in [1.82, 2.24) is 15.6 Å². The maximum atomic E-state index is 12.4. The lowest BCUT2D eigenvalue weighted by Gasteiger charge is -2.11. The molecule has 44 heavy (non-hydrogen) atoms. The van der Waals surface area contributed by atoms with Crippen LogP contribution in [0.5, 0.6) is 17.2 Å². The van der Waals surface area contributed by atoms with Crippen molar-refractivity contribution in [3.8, 4) is 17.2 Å². The summed E-state index contributed by atoms with van der Waals surface area (Å²) in [5.74, 6) is 1.37. The van der Waals surface area contributed by atoms with Crippen molar-refractivity contribution < 1.29 is 23.8 Å². The fourth-order valence-electron chi connectivity index (χ4n) is 3.90. The van der Waals surface area contributed by atoms with Crippen LogP contribution in [0.1, 0.15) is 53.5 Å². The van der Waals surface area contributed by atoms with Crippen molar-refractivity contribution in [2.45, 2.75) is 39.0 Å². The number of hydrazone groups is 1. The van der Waals surface area contributed by atoms with Crippen LogP contribution in [0.3, 0.4) is 0 Å². The van der Waals surface area contributed by atoms with E-state index in [1.807, 2.05) is 30.3 Å². The zero-order valence-corrected chi connectivity index (χ0v) is 25.9. The summed E-state index contributed by atoms with van der Waals surface area (Å²) in [6.07, 6.45) is 6.06. The summed E-state index contributed by atoms with van der Waals surface area (Å²) in [6.45, 7) is 3.51. The van der Waals surface area contributed by atoms with E-state index in [-0.39, 0.29) is 18.9 Å². The predicted molar refractivity (Wildman–Crippen MR) is 172 cm³/mol. The summed E-state index contributed by atoms with van der Waals surface area (Å²) in [5.41, 5.74) is 3.55. The van der Waals surface area contributed by atoms with Crippen molar-refractivity contribution in [3.63, 3.8) is 0 Å². The van der Waals surface area contributed by atoms with Crippen LogP contribution in [0.15, 0.2) is 77.9 Å². The number of carbonyl (C=O) groups is 2. The highest BCUT2D eigenvalue weighted by molar-refractivity contribution is 7.15. The third kappa shape index (κ3) is 11.0. The van der Waals surface area contributed by atoms with Gasteiger partial charge in [0.2, 0.25) is 11.0 Å². The van der Waals surface area contributed by atoms with Gasteiger partial charge in [0.1, 0.15) is 35.5 Å². The van der Waals surface area contributed by atoms with Gasteiger partial charge in [-0.25, -0.2) is 5.43 Å². The molecule has 1 heterocycles. The van der Waals surface area contributed by atoms with Gasteiger partial charge in [0, 0.05) is 16.1 Å². The first-order chi connectivity index (χ1) is 21.5. The zero-order valence-electron chi connectivity index (χ0n) is 24.3. The Morgan fingerprint density at radius 2 is 1.61 bits per heavy atom. The lowest BCUT2D eigenvalue weighted by atomic mass is 10.2. The van der Waals surface area contributed by atoms with Crippen molar-refractivity contribution in [3.05, 3.63) is 94.0 Å². The molecular formula is C32H34ClN5O5S. The monoisotopic (exact) mass is 635 g/mol. The predicted octanol–water partition coefficient (Wildman–Crippen LogP) is 6.55. The Hall–Kier alpha value is -4.48. The largest absolute Gasteiger partial charge is 0.494 e. The molecule has 0 aliphatic carbocycles. The molecular weight excluding hydrogens is 602 g/mol. The van der Waals surface area contributed by atoms with Crippen molar-refractivity contribution >= 4 is 46.1 Å². The van der Waals surface area contributed by atoms with E-state index in [1.165, 1.54) is 25.5 Å². The number of nitrogens with one attached hydrogen (secondary N) is 2. The van der Waals surface area contributed by atoms with E-state index >= 15 is 0 Å². The fourth-order valence-corrected chi connectivity index (χ4v) is 4.81. The Labute approximate surface area is 265 Å². The van der Waals surface area contributed by atoms with E-state index in [2.05, 4.69) is 33.0 Å². The van der Waals surface area contributed by atoms with Crippen LogP contribution in [-0.2, 0) is 11.2 Å². The highest BCUT2D eigenvalue weighted by atomic mass is 35.5. The van der Waals surface area contributed by atoms with Crippen LogP contribution in [0, 0.1) is 0 Å². The zero-order chi connectivity index (χ0) is 31.0. The van der Waals surface area contributed by atoms with Crippen LogP contribution in [-0.4, -0.2) is 48.0 Å². The van der Waals surface area contributed by atoms with E-state index in [9.17, 15) is 9.59 Å². The van der Waals surface area contributed by atoms with Gasteiger partial charge in [0.25, 0.3) is 5.91 Å². The molecule has 0 saturated carbocycles. The lowest BCUT2D eigenvalue weighted by molar-refractivity contribution is -0.120. The molecule has 3 aromatic carbocycles. The van der Waals surface area contributed by atoms with Gasteiger partial charge in [0.15, 0.2) is 0 Å². The number of hydrogen-bond donors (Lipinski definition) is 2. The molecule has 0 aliphatic rings. The molecule has 2 N–H and O–H groups in total. The van der Waals surface area contributed by atoms with Gasteiger partial charge < -0.3 is 14.2 Å². The van der Waals surface area contributed by atoms with Gasteiger partial charge in [0.05, 0.1) is 19.2 Å². The van der Waals surface area contributed by atoms with Gasteiger partial charge in [-0.2, -0.15) is 5.10 Å². The van der Waals surface area contributed by atoms with E-state index in [4.69, 9.17) is 25.8 Å². The Morgan fingerprint density at radius 3 is 2.36 bits per heavy atom. The Morgan fingerprint density at radius 1 is 0.886 bits per heavy atom. The summed E-state index contributed by atoms with van der Waals surface area (Å²) >= 11 is 7.28. The number of halogens is 1. The topological polar surface area (TPSA) is 124 Å². The summed E-state index contributed by atoms with van der Waals surface area (Å²) in [5, 5.41) is 15.8. The van der Waals surface area contributed by atoms with Gasteiger partial charge in [-0.05, 0) is 61.0 Å². The maximum Gasteiger partial charge on any atom is 0.257 e. The number of amides is 2. The molecule has 0 atom stereocenters. The Bertz CT molecular complexity index is 1520. The second-order valence-corrected chi connectivity index (χ2v) is 11.0. The molecule has 1 aromatic heterocycles. The quantitative estimate of drug-likeness (QED) is 0.0765. The van der Waals surface area contributed by atoms with E-state index in [0.29, 0.717) is 51.0 Å². The molecule has 4 aromatic rings. The minimum atomic E-state index is -0.399. The standard InChI is InChI=1S/C32H34ClN5O5S/c1-2-3-4-8-17-41-26-12-14-27(15-13-26)42-18-19-43-28-16-11-25(33)20-24(28)22-34-36-29(39)21-30-37-38-32(44-30)35-31(40)23-9-6-5-7-10-23/h5-7,9-16,20,22H,2-4,8,17-19,21H2,1H3,(H,36,39)(H,35,38,40)/b34-22+. The van der Waals surface area contributed by atoms with Crippen LogP contribution in [0.2, 0.25) is 5.02 Å². The number of unbranched alkanes of at least 4 members (excludes halogenated alkanes) is 3. The van der Waals surface area contributed by atoms with E-state index in [1.54, 1.807) is 42.5 Å². The Kier molecular flexibility index (Phi) is 13.0. The number of anilines is 1. The number of aromatic nitrogens is 2. The second kappa shape index (κ2) is 17.6. The average molecular weight is 636 g/mol. The van der Waals surface area contributed by atoms with Crippen molar-refractivity contribution in [2.24, 2.45) is 5.10 Å². The van der Waals surface area contributed by atoms with Gasteiger partial charge >= 0.3 is 0 Å². The molecule has 0 fully saturated rings. The van der Waals surface area contributed by atoms with Crippen molar-refractivity contribution in [2.75, 3.05) is 25.1 Å². The summed E-state index contributed by atoms with van der Waals surface area (Å²) in [6, 6.07) is 21.4. The van der Waals surface area contributed by atoms with Crippen LogP contribution >= 0.6 is 22.9 Å². The fraction of sp³-hybridized carbons (Fsp3) is 0.281. The number of benzene rings is 3. The first kappa shape index (κ1) is 32.4. The molecule has 4 rings (SSSR count). The van der Waals surface area contributed by atoms with E-state index < -0.39 is 5.91 Å². The summed E-state index contributed by atoms with van der Waals surface area (Å²) in [7, 11) is 0. The molecule has 12 heteroatoms. The molecule has 0 radical (unpaired) electrons. The van der Waals surface area contributed by atoms with Crippen LogP contribution in [0.4, 0.5) is 5.13 Å². The number of nitrogens with zero attached hydrogens (tertiary/aromatic N) is 3. The van der Waals surface area contributed by atoms with Gasteiger partial charge in [-0.3, -0.25) is 14.9 Å². The molecule has 0 aliphatic heterocycles. The second-order valence-electron chi connectivity index (χ2n) is 9.55. The highest BCUT2D eigenvalue weighted by Gasteiger charge is 2.12. The molecule has 2 amide bonds. The van der Waals surface area contributed by atoms with E-state index in [0.717, 1.165) is 23.5 Å². The van der Waals surface area contributed by atoms with Crippen LogP contribution in [0.25, 0.3) is 0 Å². The number of carbonyl (C=O) groups excluding carboxylic acids is 2. The molecule has 0 unspecified atom stereocenters. The Balaban J connectivity index is 1.19. The normalized spacial score (nSPS) is 10.9. The SMILES string of the molecule is CCCCCCOc1ccc(OCCOc2ccc(Cl)cc2/C=N/NC(=O)Cc2nnc(NC(=O)c3ccccc3)s2)cc1. The molecule has 0 saturated heterocycles. The smallest absolute Gasteiger partial charge is 0.257 e. The first-order valence-electron chi connectivity index (χ1n) is 14.3. The maximum absolute atomic E-state index is 12.4. The summed E-state index contributed by atoms with van der Waals surface area (Å²) < 4.78 is 17.4. The number of rotatable bonds is 17. The molecule has 0 bridgehead atoms. The number of hydrogen-bond acceptors (Lipinski definition) is 9. The third-order valence-corrected chi connectivity index (χ3v) is 7.17. The molecule has 0 spiro atoms. The van der Waals surface area contributed by atoms with Crippen LogP contribution < -0.4 is 25.0 Å². The molecule has 230 valence electrons. The average Bonchev–Trinajstić information content (AvgIpc) is 3.47. The van der Waals surface area contributed by atoms with Gasteiger partial charge in [-0.15, -0.1) is 10.2 Å². The third-order valence-electron chi connectivity index (χ3n) is 6.10. The first-order valence-corrected chi connectivity index (χ1v) is 15.5. The highest BCUT2D eigenvalue weighted by Crippen LogP contribution is 2.22.